The lowest BCUT2D eigenvalue weighted by molar-refractivity contribution is 0.0759. The number of carbonyl (C=O) groups excluding carboxylic acids is 1. The van der Waals surface area contributed by atoms with Crippen LogP contribution in [-0.2, 0) is 13.0 Å². The summed E-state index contributed by atoms with van der Waals surface area (Å²) in [6.45, 7) is 2.04. The standard InChI is InChI=1S/C18H17BrN2O2/c19-14-5-6-16(22)17-13(14)7-8-20-15(17)10-21-9-11-3-1-2-4-12(11)18(21)23/h1-6,15,20,22H,7-10H2/t15-/m1/s1. The van der Waals surface area contributed by atoms with Crippen LogP contribution in [0.15, 0.2) is 40.9 Å². The molecule has 0 aromatic heterocycles. The molecule has 2 aliphatic heterocycles. The van der Waals surface area contributed by atoms with Gasteiger partial charge in [-0.05, 0) is 42.3 Å². The van der Waals surface area contributed by atoms with E-state index >= 15 is 0 Å². The van der Waals surface area contributed by atoms with Crippen LogP contribution in [0, 0.1) is 0 Å². The lowest BCUT2D eigenvalue weighted by Crippen LogP contribution is -2.39. The van der Waals surface area contributed by atoms with Gasteiger partial charge in [0, 0.05) is 28.7 Å². The van der Waals surface area contributed by atoms with E-state index in [1.807, 2.05) is 35.2 Å². The Morgan fingerprint density at radius 2 is 2.09 bits per heavy atom. The van der Waals surface area contributed by atoms with Crippen LogP contribution >= 0.6 is 15.9 Å². The zero-order valence-electron chi connectivity index (χ0n) is 12.6. The number of rotatable bonds is 2. The minimum atomic E-state index is -0.0467. The third-order valence-electron chi connectivity index (χ3n) is 4.69. The molecule has 2 aromatic carbocycles. The van der Waals surface area contributed by atoms with Crippen LogP contribution < -0.4 is 5.32 Å². The Morgan fingerprint density at radius 3 is 2.91 bits per heavy atom. The van der Waals surface area contributed by atoms with E-state index in [1.165, 1.54) is 0 Å². The summed E-state index contributed by atoms with van der Waals surface area (Å²) in [5, 5.41) is 13.7. The molecule has 4 nitrogen and oxygen atoms in total. The molecule has 2 aliphatic rings. The van der Waals surface area contributed by atoms with Gasteiger partial charge in [-0.3, -0.25) is 4.79 Å². The summed E-state index contributed by atoms with van der Waals surface area (Å²) in [7, 11) is 0. The zero-order chi connectivity index (χ0) is 16.0. The fourth-order valence-electron chi connectivity index (χ4n) is 3.58. The van der Waals surface area contributed by atoms with Crippen molar-refractivity contribution in [3.63, 3.8) is 0 Å². The van der Waals surface area contributed by atoms with Crippen LogP contribution in [0.5, 0.6) is 5.75 Å². The van der Waals surface area contributed by atoms with E-state index in [0.717, 1.165) is 39.7 Å². The summed E-state index contributed by atoms with van der Waals surface area (Å²) in [5.74, 6) is 0.369. The number of hydrogen-bond donors (Lipinski definition) is 2. The molecule has 2 N–H and O–H groups in total. The molecule has 1 atom stereocenters. The summed E-state index contributed by atoms with van der Waals surface area (Å²) in [4.78, 5) is 14.4. The van der Waals surface area contributed by atoms with Crippen molar-refractivity contribution < 1.29 is 9.90 Å². The van der Waals surface area contributed by atoms with Gasteiger partial charge in [0.2, 0.25) is 0 Å². The molecular weight excluding hydrogens is 356 g/mol. The van der Waals surface area contributed by atoms with Gasteiger partial charge in [0.25, 0.3) is 5.91 Å². The number of carbonyl (C=O) groups is 1. The average Bonchev–Trinajstić information content (AvgIpc) is 2.88. The van der Waals surface area contributed by atoms with Gasteiger partial charge in [0.05, 0.1) is 6.04 Å². The molecule has 0 spiro atoms. The third-order valence-corrected chi connectivity index (χ3v) is 5.43. The molecular formula is C18H17BrN2O2. The fraction of sp³-hybridized carbons (Fsp3) is 0.278. The van der Waals surface area contributed by atoms with Crippen molar-refractivity contribution in [3.05, 3.63) is 63.1 Å². The lowest BCUT2D eigenvalue weighted by Gasteiger charge is -2.31. The maximum Gasteiger partial charge on any atom is 0.254 e. The van der Waals surface area contributed by atoms with Crippen molar-refractivity contribution in [2.24, 2.45) is 0 Å². The second kappa shape index (κ2) is 5.65. The quantitative estimate of drug-likeness (QED) is 0.851. The van der Waals surface area contributed by atoms with Gasteiger partial charge >= 0.3 is 0 Å². The molecule has 0 fully saturated rings. The molecule has 4 rings (SSSR count). The van der Waals surface area contributed by atoms with Crippen LogP contribution in [0.1, 0.15) is 33.1 Å². The smallest absolute Gasteiger partial charge is 0.254 e. The largest absolute Gasteiger partial charge is 0.508 e. The predicted octanol–water partition coefficient (Wildman–Crippen LogP) is 3.00. The van der Waals surface area contributed by atoms with Gasteiger partial charge in [0.1, 0.15) is 5.75 Å². The molecule has 118 valence electrons. The Bertz CT molecular complexity index is 791. The summed E-state index contributed by atoms with van der Waals surface area (Å²) in [6.07, 6.45) is 0.870. The van der Waals surface area contributed by atoms with Gasteiger partial charge in [-0.15, -0.1) is 0 Å². The highest BCUT2D eigenvalue weighted by Gasteiger charge is 2.32. The van der Waals surface area contributed by atoms with E-state index in [-0.39, 0.29) is 11.9 Å². The van der Waals surface area contributed by atoms with Gasteiger partial charge in [0.15, 0.2) is 0 Å². The maximum atomic E-state index is 12.6. The highest BCUT2D eigenvalue weighted by Crippen LogP contribution is 2.37. The summed E-state index contributed by atoms with van der Waals surface area (Å²) < 4.78 is 1.02. The Balaban J connectivity index is 1.63. The molecule has 2 heterocycles. The summed E-state index contributed by atoms with van der Waals surface area (Å²) in [5.41, 5.74) is 3.92. The van der Waals surface area contributed by atoms with Crippen LogP contribution in [0.3, 0.4) is 0 Å². The first-order chi connectivity index (χ1) is 11.1. The number of phenolic OH excluding ortho intramolecular Hbond substituents is 1. The number of amides is 1. The minimum absolute atomic E-state index is 0.0467. The number of fused-ring (bicyclic) bond motifs is 2. The lowest BCUT2D eigenvalue weighted by atomic mass is 9.93. The number of benzene rings is 2. The highest BCUT2D eigenvalue weighted by atomic mass is 79.9. The first kappa shape index (κ1) is 14.7. The van der Waals surface area contributed by atoms with Crippen molar-refractivity contribution in [3.8, 4) is 5.75 Å². The summed E-state index contributed by atoms with van der Waals surface area (Å²) in [6, 6.07) is 11.3. The minimum Gasteiger partial charge on any atom is -0.508 e. The van der Waals surface area contributed by atoms with Crippen molar-refractivity contribution in [2.45, 2.75) is 19.0 Å². The second-order valence-electron chi connectivity index (χ2n) is 6.06. The zero-order valence-corrected chi connectivity index (χ0v) is 14.1. The monoisotopic (exact) mass is 372 g/mol. The van der Waals surface area contributed by atoms with Gasteiger partial charge in [-0.2, -0.15) is 0 Å². The first-order valence-electron chi connectivity index (χ1n) is 7.76. The van der Waals surface area contributed by atoms with E-state index in [4.69, 9.17) is 0 Å². The first-order valence-corrected chi connectivity index (χ1v) is 8.55. The van der Waals surface area contributed by atoms with Crippen LogP contribution in [-0.4, -0.2) is 29.0 Å². The number of phenols is 1. The van der Waals surface area contributed by atoms with Crippen molar-refractivity contribution in [2.75, 3.05) is 13.1 Å². The predicted molar refractivity (Wildman–Crippen MR) is 91.4 cm³/mol. The van der Waals surface area contributed by atoms with E-state index < -0.39 is 0 Å². The van der Waals surface area contributed by atoms with E-state index in [9.17, 15) is 9.90 Å². The van der Waals surface area contributed by atoms with Crippen molar-refractivity contribution in [1.29, 1.82) is 0 Å². The van der Waals surface area contributed by atoms with Crippen molar-refractivity contribution >= 4 is 21.8 Å². The summed E-state index contributed by atoms with van der Waals surface area (Å²) >= 11 is 3.57. The molecule has 5 heteroatoms. The molecule has 0 saturated carbocycles. The van der Waals surface area contributed by atoms with Gasteiger partial charge in [-0.25, -0.2) is 0 Å². The van der Waals surface area contributed by atoms with Crippen LogP contribution in [0.25, 0.3) is 0 Å². The van der Waals surface area contributed by atoms with Gasteiger partial charge < -0.3 is 15.3 Å². The molecule has 0 bridgehead atoms. The third kappa shape index (κ3) is 2.44. The Hall–Kier alpha value is -1.85. The number of halogens is 1. The maximum absolute atomic E-state index is 12.6. The molecule has 0 unspecified atom stereocenters. The van der Waals surface area contributed by atoms with Crippen molar-refractivity contribution in [1.82, 2.24) is 10.2 Å². The van der Waals surface area contributed by atoms with E-state index in [0.29, 0.717) is 18.8 Å². The Morgan fingerprint density at radius 1 is 1.26 bits per heavy atom. The topological polar surface area (TPSA) is 52.6 Å². The van der Waals surface area contributed by atoms with E-state index in [2.05, 4.69) is 21.2 Å². The number of nitrogens with one attached hydrogen (secondary N) is 1. The van der Waals surface area contributed by atoms with Gasteiger partial charge in [-0.1, -0.05) is 34.1 Å². The Labute approximate surface area is 143 Å². The highest BCUT2D eigenvalue weighted by molar-refractivity contribution is 9.10. The van der Waals surface area contributed by atoms with Crippen LogP contribution in [0.4, 0.5) is 0 Å². The number of hydrogen-bond acceptors (Lipinski definition) is 3. The SMILES string of the molecule is O=C1c2ccccc2CN1C[C@H]1NCCc2c(Br)ccc(O)c21. The molecule has 23 heavy (non-hydrogen) atoms. The number of nitrogens with zero attached hydrogens (tertiary/aromatic N) is 1. The average molecular weight is 373 g/mol. The number of aromatic hydroxyl groups is 1. The molecule has 0 radical (unpaired) electrons. The Kier molecular flexibility index (Phi) is 3.62. The molecule has 2 aromatic rings. The normalized spacial score (nSPS) is 19.6. The van der Waals surface area contributed by atoms with Crippen LogP contribution in [0.2, 0.25) is 0 Å². The van der Waals surface area contributed by atoms with E-state index in [1.54, 1.807) is 6.07 Å². The molecule has 1 amide bonds. The molecule has 0 saturated heterocycles. The second-order valence-corrected chi connectivity index (χ2v) is 6.91. The molecule has 0 aliphatic carbocycles. The fourth-order valence-corrected chi connectivity index (χ4v) is 4.12.